The molecule has 0 aliphatic carbocycles. The maximum Gasteiger partial charge on any atom is 2.00 e. The first-order chi connectivity index (χ1) is 1.73. The van der Waals surface area contributed by atoms with E-state index in [-0.39, 0.29) is 49.1 Å². The quantitative estimate of drug-likeness (QED) is 0.442. The molecule has 6 heteroatoms. The average molecular weight is 160 g/mol. The molecule has 1 radical (unpaired) electrons. The minimum absolute atomic E-state index is 0. The summed E-state index contributed by atoms with van der Waals surface area (Å²) in [5, 5.41) is 13.9. The van der Waals surface area contributed by atoms with E-state index in [2.05, 4.69) is 0 Å². The largest absolute Gasteiger partial charge is 2.00 e. The fraction of sp³-hybridized carbons (Fsp3) is 0. The number of carbonyl (C=O) groups is 1. The van der Waals surface area contributed by atoms with Crippen molar-refractivity contribution in [2.24, 2.45) is 0 Å². The van der Waals surface area contributed by atoms with Crippen LogP contribution in [0.25, 0.3) is 0 Å². The van der Waals surface area contributed by atoms with Crippen LogP contribution in [0.3, 0.4) is 0 Å². The molecule has 0 rings (SSSR count). The molecule has 43 valence electrons. The first kappa shape index (κ1) is 25.8. The molecule has 0 aliphatic heterocycles. The molecule has 7 heavy (non-hydrogen) atoms. The summed E-state index contributed by atoms with van der Waals surface area (Å²) in [5.74, 6) is 0. The third kappa shape index (κ3) is 500. The van der Waals surface area contributed by atoms with E-state index in [1.54, 1.807) is 0 Å². The maximum atomic E-state index is 8.56. The van der Waals surface area contributed by atoms with Crippen molar-refractivity contribution in [3.8, 4) is 0 Å². The van der Waals surface area contributed by atoms with Crippen LogP contribution in [0.2, 0.25) is 0 Å². The molecule has 4 nitrogen and oxygen atoms in total. The molecule has 0 saturated heterocycles. The van der Waals surface area contributed by atoms with Crippen LogP contribution in [-0.4, -0.2) is 39.4 Å². The molecule has 0 atom stereocenters. The van der Waals surface area contributed by atoms with Crippen LogP contribution in [-0.2, 0) is 17.1 Å². The van der Waals surface area contributed by atoms with Gasteiger partial charge in [0.05, 0.1) is 0 Å². The van der Waals surface area contributed by atoms with Gasteiger partial charge in [0.2, 0.25) is 0 Å². The van der Waals surface area contributed by atoms with Crippen LogP contribution < -0.4 is 6.15 Å². The van der Waals surface area contributed by atoms with Crippen molar-refractivity contribution in [1.29, 1.82) is 0 Å². The van der Waals surface area contributed by atoms with Gasteiger partial charge in [-0.1, -0.05) is 0 Å². The monoisotopic (exact) mass is 160 g/mol. The Kier molecular flexibility index (Phi) is 59.1. The summed E-state index contributed by atoms with van der Waals surface area (Å²) in [5.41, 5.74) is 0. The Morgan fingerprint density at radius 2 is 1.43 bits per heavy atom. The van der Waals surface area contributed by atoms with Crippen molar-refractivity contribution in [3.05, 3.63) is 0 Å². The SMILES string of the molecule is N.O=C(O)O.[H-].[H-].[Mg+2].[Mn]. The molecule has 0 saturated carbocycles. The third-order valence-electron chi connectivity index (χ3n) is 0. The van der Waals surface area contributed by atoms with Gasteiger partial charge in [0, 0.05) is 17.1 Å². The molecule has 5 N–H and O–H groups in total. The van der Waals surface area contributed by atoms with Gasteiger partial charge in [0.1, 0.15) is 0 Å². The number of rotatable bonds is 0. The van der Waals surface area contributed by atoms with Crippen molar-refractivity contribution < 1.29 is 34.9 Å². The van der Waals surface area contributed by atoms with E-state index in [1.165, 1.54) is 0 Å². The predicted molar refractivity (Wildman–Crippen MR) is 23.7 cm³/mol. The van der Waals surface area contributed by atoms with Gasteiger partial charge in [-0.15, -0.1) is 0 Å². The van der Waals surface area contributed by atoms with E-state index in [4.69, 9.17) is 15.0 Å². The number of hydrogen-bond acceptors (Lipinski definition) is 2. The molecule has 0 aromatic carbocycles. The van der Waals surface area contributed by atoms with Gasteiger partial charge in [-0.2, -0.15) is 0 Å². The number of carboxylic acid groups (broad SMARTS) is 2. The van der Waals surface area contributed by atoms with Crippen LogP contribution in [0.4, 0.5) is 4.79 Å². The van der Waals surface area contributed by atoms with E-state index >= 15 is 0 Å². The van der Waals surface area contributed by atoms with Gasteiger partial charge in [0.25, 0.3) is 0 Å². The summed E-state index contributed by atoms with van der Waals surface area (Å²) in [6.07, 6.45) is -1.83. The van der Waals surface area contributed by atoms with Crippen LogP contribution in [0, 0.1) is 0 Å². The Morgan fingerprint density at radius 1 is 1.43 bits per heavy atom. The Labute approximate surface area is 70.5 Å². The van der Waals surface area contributed by atoms with Gasteiger partial charge >= 0.3 is 29.2 Å². The summed E-state index contributed by atoms with van der Waals surface area (Å²) >= 11 is 0. The zero-order valence-corrected chi connectivity index (χ0v) is 6.19. The summed E-state index contributed by atoms with van der Waals surface area (Å²) in [6.45, 7) is 0. The van der Waals surface area contributed by atoms with E-state index in [0.717, 1.165) is 0 Å². The molecular formula is CH7MgMnNO3. The summed E-state index contributed by atoms with van der Waals surface area (Å²) < 4.78 is 0. The summed E-state index contributed by atoms with van der Waals surface area (Å²) in [4.78, 5) is 8.56. The fourth-order valence-electron chi connectivity index (χ4n) is 0. The van der Waals surface area contributed by atoms with Crippen LogP contribution in [0.1, 0.15) is 2.85 Å². The molecule has 0 fully saturated rings. The molecule has 0 spiro atoms. The van der Waals surface area contributed by atoms with Gasteiger partial charge in [-0.3, -0.25) is 0 Å². The third-order valence-corrected chi connectivity index (χ3v) is 0. The first-order valence-corrected chi connectivity index (χ1v) is 0.651. The van der Waals surface area contributed by atoms with Crippen LogP contribution in [0.5, 0.6) is 0 Å². The topological polar surface area (TPSA) is 92.5 Å². The van der Waals surface area contributed by atoms with Crippen molar-refractivity contribution in [3.63, 3.8) is 0 Å². The molecule has 0 aliphatic rings. The first-order valence-electron chi connectivity index (χ1n) is 0.651. The molecular weight excluding hydrogens is 153 g/mol. The Bertz CT molecular complexity index is 44.8. The minimum atomic E-state index is -1.83. The molecule has 0 aromatic heterocycles. The predicted octanol–water partition coefficient (Wildman–Crippen LogP) is 0.226. The van der Waals surface area contributed by atoms with Gasteiger partial charge < -0.3 is 19.2 Å². The summed E-state index contributed by atoms with van der Waals surface area (Å²) in [6, 6.07) is 0. The second kappa shape index (κ2) is 16.0. The Hall–Kier alpha value is 0.516. The van der Waals surface area contributed by atoms with Crippen molar-refractivity contribution >= 4 is 29.2 Å². The van der Waals surface area contributed by atoms with Crippen molar-refractivity contribution in [1.82, 2.24) is 6.15 Å². The number of hydrogen-bond donors (Lipinski definition) is 3. The van der Waals surface area contributed by atoms with Gasteiger partial charge in [-0.25, -0.2) is 4.79 Å². The zero-order valence-electron chi connectivity index (χ0n) is 5.59. The zero-order chi connectivity index (χ0) is 3.58. The minimum Gasteiger partial charge on any atom is -1.00 e. The van der Waals surface area contributed by atoms with Crippen molar-refractivity contribution in [2.75, 3.05) is 0 Å². The molecule has 0 amide bonds. The molecule has 0 bridgehead atoms. The molecule has 0 aromatic rings. The van der Waals surface area contributed by atoms with Crippen LogP contribution in [0.15, 0.2) is 0 Å². The fourth-order valence-corrected chi connectivity index (χ4v) is 0. The Balaban J connectivity index is -0.00000000450. The van der Waals surface area contributed by atoms with Crippen molar-refractivity contribution in [2.45, 2.75) is 0 Å². The van der Waals surface area contributed by atoms with E-state index in [9.17, 15) is 0 Å². The van der Waals surface area contributed by atoms with E-state index in [0.29, 0.717) is 0 Å². The van der Waals surface area contributed by atoms with E-state index < -0.39 is 6.16 Å². The van der Waals surface area contributed by atoms with Gasteiger partial charge in [0.15, 0.2) is 0 Å². The maximum absolute atomic E-state index is 8.56. The standard InChI is InChI=1S/CH2O3.Mg.Mn.H3N.2H/c2-1(3)4;;;;;/h(H2,2,3,4);;;1H3;;/q;+2;;;2*-1. The van der Waals surface area contributed by atoms with E-state index in [1.807, 2.05) is 0 Å². The average Bonchev–Trinajstić information content (AvgIpc) is 0.811. The second-order valence-electron chi connectivity index (χ2n) is 0.283. The smallest absolute Gasteiger partial charge is 1.00 e. The Morgan fingerprint density at radius 3 is 1.43 bits per heavy atom. The molecule has 0 unspecified atom stereocenters. The second-order valence-corrected chi connectivity index (χ2v) is 0.283. The van der Waals surface area contributed by atoms with Gasteiger partial charge in [-0.05, 0) is 0 Å². The normalized spacial score (nSPS) is 3.43. The summed E-state index contributed by atoms with van der Waals surface area (Å²) in [7, 11) is 0. The van der Waals surface area contributed by atoms with Crippen LogP contribution >= 0.6 is 0 Å². The molecule has 0 heterocycles.